The highest BCUT2D eigenvalue weighted by Crippen LogP contribution is 2.38. The number of amides is 3. The summed E-state index contributed by atoms with van der Waals surface area (Å²) >= 11 is 0. The molecule has 1 aromatic rings. The number of hydrogen-bond donors (Lipinski definition) is 0. The Morgan fingerprint density at radius 1 is 1.19 bits per heavy atom. The number of fused-ring (bicyclic) bond motifs is 1. The smallest absolute Gasteiger partial charge is 0.233 e. The van der Waals surface area contributed by atoms with Gasteiger partial charge < -0.3 is 4.90 Å². The third kappa shape index (κ3) is 3.37. The number of rotatable bonds is 5. The summed E-state index contributed by atoms with van der Waals surface area (Å²) in [6.07, 6.45) is 3.56. The van der Waals surface area contributed by atoms with Gasteiger partial charge in [-0.05, 0) is 25.8 Å². The lowest BCUT2D eigenvalue weighted by atomic mass is 9.81. The largest absolute Gasteiger partial charge is 0.339 e. The Morgan fingerprint density at radius 2 is 1.77 bits per heavy atom. The molecule has 3 unspecified atom stereocenters. The highest BCUT2D eigenvalue weighted by molar-refractivity contribution is 6.05. The van der Waals surface area contributed by atoms with E-state index >= 15 is 0 Å². The van der Waals surface area contributed by atoms with Crippen LogP contribution in [0.1, 0.15) is 50.6 Å². The van der Waals surface area contributed by atoms with Crippen LogP contribution in [-0.2, 0) is 14.4 Å². The molecule has 1 aliphatic carbocycles. The van der Waals surface area contributed by atoms with Crippen molar-refractivity contribution in [1.82, 2.24) is 9.80 Å². The second-order valence-corrected chi connectivity index (χ2v) is 7.28. The van der Waals surface area contributed by atoms with E-state index in [9.17, 15) is 18.8 Å². The first kappa shape index (κ1) is 18.5. The summed E-state index contributed by atoms with van der Waals surface area (Å²) in [5, 5.41) is 0. The van der Waals surface area contributed by atoms with Gasteiger partial charge in [-0.15, -0.1) is 0 Å². The van der Waals surface area contributed by atoms with Crippen LogP contribution in [0.5, 0.6) is 0 Å². The standard InChI is InChI=1S/C20H25FN2O3/c1-13(14-7-5-6-10-17(14)21)22(2)18(24)11-12-23-19(25)15-8-3-4-9-16(15)20(23)26/h5-7,10,13,15-16H,3-4,8-9,11-12H2,1-2H3. The van der Waals surface area contributed by atoms with Crippen LogP contribution in [0.3, 0.4) is 0 Å². The highest BCUT2D eigenvalue weighted by Gasteiger charge is 2.47. The summed E-state index contributed by atoms with van der Waals surface area (Å²) in [5.41, 5.74) is 0.447. The van der Waals surface area contributed by atoms with Crippen molar-refractivity contribution in [2.24, 2.45) is 11.8 Å². The van der Waals surface area contributed by atoms with E-state index in [1.54, 1.807) is 32.2 Å². The second kappa shape index (κ2) is 7.56. The number of nitrogens with zero attached hydrogens (tertiary/aromatic N) is 2. The van der Waals surface area contributed by atoms with Crippen LogP contribution < -0.4 is 0 Å². The van der Waals surface area contributed by atoms with Gasteiger partial charge in [0, 0.05) is 25.6 Å². The zero-order chi connectivity index (χ0) is 18.8. The first-order valence-electron chi connectivity index (χ1n) is 9.27. The summed E-state index contributed by atoms with van der Waals surface area (Å²) < 4.78 is 13.9. The summed E-state index contributed by atoms with van der Waals surface area (Å²) in [7, 11) is 1.62. The summed E-state index contributed by atoms with van der Waals surface area (Å²) in [6.45, 7) is 1.87. The number of imide groups is 1. The van der Waals surface area contributed by atoms with Gasteiger partial charge in [-0.2, -0.15) is 0 Å². The fourth-order valence-electron chi connectivity index (χ4n) is 4.07. The molecule has 26 heavy (non-hydrogen) atoms. The zero-order valence-corrected chi connectivity index (χ0v) is 15.3. The van der Waals surface area contributed by atoms with E-state index in [4.69, 9.17) is 0 Å². The van der Waals surface area contributed by atoms with Crippen molar-refractivity contribution in [3.63, 3.8) is 0 Å². The molecule has 3 atom stereocenters. The van der Waals surface area contributed by atoms with Gasteiger partial charge in [0.1, 0.15) is 5.82 Å². The lowest BCUT2D eigenvalue weighted by Gasteiger charge is -2.26. The van der Waals surface area contributed by atoms with Gasteiger partial charge in [-0.1, -0.05) is 31.0 Å². The maximum atomic E-state index is 13.9. The monoisotopic (exact) mass is 360 g/mol. The maximum absolute atomic E-state index is 13.9. The molecule has 1 saturated carbocycles. The quantitative estimate of drug-likeness (QED) is 0.759. The van der Waals surface area contributed by atoms with Gasteiger partial charge in [0.15, 0.2) is 0 Å². The van der Waals surface area contributed by atoms with Crippen LogP contribution in [-0.4, -0.2) is 41.1 Å². The fourth-order valence-corrected chi connectivity index (χ4v) is 4.07. The Hall–Kier alpha value is -2.24. The van der Waals surface area contributed by atoms with Gasteiger partial charge in [0.2, 0.25) is 17.7 Å². The Balaban J connectivity index is 1.61. The van der Waals surface area contributed by atoms with Gasteiger partial charge in [-0.3, -0.25) is 19.3 Å². The maximum Gasteiger partial charge on any atom is 0.233 e. The van der Waals surface area contributed by atoms with Gasteiger partial charge in [0.25, 0.3) is 0 Å². The van der Waals surface area contributed by atoms with Crippen molar-refractivity contribution in [2.75, 3.05) is 13.6 Å². The topological polar surface area (TPSA) is 57.7 Å². The molecule has 0 N–H and O–H groups in total. The zero-order valence-electron chi connectivity index (χ0n) is 15.3. The predicted molar refractivity (Wildman–Crippen MR) is 94.4 cm³/mol. The number of carbonyl (C=O) groups is 3. The molecule has 3 rings (SSSR count). The molecular weight excluding hydrogens is 335 g/mol. The lowest BCUT2D eigenvalue weighted by Crippen LogP contribution is -2.37. The molecule has 0 spiro atoms. The van der Waals surface area contributed by atoms with Crippen LogP contribution >= 0.6 is 0 Å². The first-order chi connectivity index (χ1) is 12.4. The number of hydrogen-bond acceptors (Lipinski definition) is 3. The number of likely N-dealkylation sites (tertiary alicyclic amines) is 1. The molecule has 1 aromatic carbocycles. The molecule has 1 saturated heterocycles. The molecule has 6 heteroatoms. The van der Waals surface area contributed by atoms with Crippen molar-refractivity contribution >= 4 is 17.7 Å². The van der Waals surface area contributed by atoms with Crippen molar-refractivity contribution in [3.05, 3.63) is 35.6 Å². The van der Waals surface area contributed by atoms with Gasteiger partial charge in [0.05, 0.1) is 17.9 Å². The molecule has 1 aliphatic heterocycles. The van der Waals surface area contributed by atoms with Gasteiger partial charge in [-0.25, -0.2) is 4.39 Å². The minimum absolute atomic E-state index is 0.0617. The first-order valence-corrected chi connectivity index (χ1v) is 9.27. The van der Waals surface area contributed by atoms with Crippen LogP contribution in [0.15, 0.2) is 24.3 Å². The Kier molecular flexibility index (Phi) is 5.39. The van der Waals surface area contributed by atoms with Crippen LogP contribution in [0, 0.1) is 17.7 Å². The molecule has 2 fully saturated rings. The van der Waals surface area contributed by atoms with E-state index in [1.807, 2.05) is 0 Å². The van der Waals surface area contributed by atoms with Crippen molar-refractivity contribution in [1.29, 1.82) is 0 Å². The molecule has 140 valence electrons. The molecule has 0 bridgehead atoms. The van der Waals surface area contributed by atoms with Crippen molar-refractivity contribution in [3.8, 4) is 0 Å². The molecule has 5 nitrogen and oxygen atoms in total. The van der Waals surface area contributed by atoms with Crippen molar-refractivity contribution in [2.45, 2.75) is 45.1 Å². The Morgan fingerprint density at radius 3 is 2.35 bits per heavy atom. The van der Waals surface area contributed by atoms with Crippen LogP contribution in [0.2, 0.25) is 0 Å². The molecule has 3 amide bonds. The number of carbonyl (C=O) groups excluding carboxylic acids is 3. The lowest BCUT2D eigenvalue weighted by molar-refractivity contribution is -0.141. The second-order valence-electron chi connectivity index (χ2n) is 7.28. The SMILES string of the molecule is CC(c1ccccc1F)N(C)C(=O)CCN1C(=O)C2CCCCC2C1=O. The van der Waals surface area contributed by atoms with Crippen LogP contribution in [0.4, 0.5) is 4.39 Å². The number of halogens is 1. The van der Waals surface area contributed by atoms with E-state index in [1.165, 1.54) is 15.9 Å². The average Bonchev–Trinajstić information content (AvgIpc) is 2.90. The molecule has 1 heterocycles. The Labute approximate surface area is 153 Å². The molecular formula is C20H25FN2O3. The van der Waals surface area contributed by atoms with Crippen LogP contribution in [0.25, 0.3) is 0 Å². The predicted octanol–water partition coefficient (Wildman–Crippen LogP) is 2.91. The van der Waals surface area contributed by atoms with E-state index in [2.05, 4.69) is 0 Å². The third-order valence-electron chi connectivity index (χ3n) is 5.81. The normalized spacial score (nSPS) is 23.7. The Bertz CT molecular complexity index is 697. The fraction of sp³-hybridized carbons (Fsp3) is 0.550. The minimum Gasteiger partial charge on any atom is -0.339 e. The van der Waals surface area contributed by atoms with E-state index in [0.29, 0.717) is 5.56 Å². The number of benzene rings is 1. The van der Waals surface area contributed by atoms with Gasteiger partial charge >= 0.3 is 0 Å². The molecule has 2 aliphatic rings. The summed E-state index contributed by atoms with van der Waals surface area (Å²) in [5.74, 6) is -1.21. The van der Waals surface area contributed by atoms with Crippen molar-refractivity contribution < 1.29 is 18.8 Å². The average molecular weight is 360 g/mol. The summed E-state index contributed by atoms with van der Waals surface area (Å²) in [6, 6.07) is 5.94. The summed E-state index contributed by atoms with van der Waals surface area (Å²) in [4.78, 5) is 40.2. The highest BCUT2D eigenvalue weighted by atomic mass is 19.1. The molecule has 0 radical (unpaired) electrons. The van der Waals surface area contributed by atoms with E-state index in [-0.39, 0.29) is 48.3 Å². The molecule has 0 aromatic heterocycles. The van der Waals surface area contributed by atoms with E-state index in [0.717, 1.165) is 25.7 Å². The minimum atomic E-state index is -0.420. The third-order valence-corrected chi connectivity index (χ3v) is 5.81. The van der Waals surface area contributed by atoms with E-state index < -0.39 is 6.04 Å².